The predicted octanol–water partition coefficient (Wildman–Crippen LogP) is 2.17. The number of amides is 2. The van der Waals surface area contributed by atoms with Gasteiger partial charge < -0.3 is 20.5 Å². The van der Waals surface area contributed by atoms with Crippen LogP contribution in [0.3, 0.4) is 0 Å². The predicted molar refractivity (Wildman–Crippen MR) is 119 cm³/mol. The minimum atomic E-state index is -0.929. The van der Waals surface area contributed by atoms with Crippen molar-refractivity contribution in [1.29, 1.82) is 5.26 Å². The van der Waals surface area contributed by atoms with Crippen LogP contribution in [0.25, 0.3) is 0 Å². The zero-order valence-corrected chi connectivity index (χ0v) is 18.4. The van der Waals surface area contributed by atoms with Crippen molar-refractivity contribution in [3.05, 3.63) is 77.6 Å². The summed E-state index contributed by atoms with van der Waals surface area (Å²) >= 11 is 0. The standard InChI is InChI=1S/C24H22N6O4/c1-15(31)16-2-5-21(17(8-16)9-25)34-20-4-3-19(28-13-20)12-29-23(33)24(6-7-24)30-22(32)18-10-26-14-27-11-18/h2-5,8,10-11,13-15,31H,6-7,12H2,1H3,(H,29,33)(H,30,32). The van der Waals surface area contributed by atoms with Crippen LogP contribution in [0.4, 0.5) is 0 Å². The smallest absolute Gasteiger partial charge is 0.255 e. The Morgan fingerprint density at radius 2 is 1.97 bits per heavy atom. The van der Waals surface area contributed by atoms with E-state index in [9.17, 15) is 20.0 Å². The molecule has 1 aliphatic carbocycles. The lowest BCUT2D eigenvalue weighted by atomic mass is 10.1. The number of nitrogens with zero attached hydrogens (tertiary/aromatic N) is 4. The number of hydrogen-bond acceptors (Lipinski definition) is 8. The van der Waals surface area contributed by atoms with Gasteiger partial charge in [0.05, 0.1) is 35.7 Å². The van der Waals surface area contributed by atoms with E-state index in [-0.39, 0.29) is 12.5 Å². The minimum Gasteiger partial charge on any atom is -0.454 e. The second kappa shape index (κ2) is 9.64. The van der Waals surface area contributed by atoms with Crippen molar-refractivity contribution in [2.45, 2.75) is 38.0 Å². The highest BCUT2D eigenvalue weighted by Gasteiger charge is 2.51. The number of aromatic nitrogens is 3. The van der Waals surface area contributed by atoms with E-state index >= 15 is 0 Å². The molecular formula is C24H22N6O4. The van der Waals surface area contributed by atoms with Gasteiger partial charge >= 0.3 is 0 Å². The van der Waals surface area contributed by atoms with E-state index in [1.54, 1.807) is 37.3 Å². The average Bonchev–Trinajstić information content (AvgIpc) is 3.64. The second-order valence-electron chi connectivity index (χ2n) is 7.98. The van der Waals surface area contributed by atoms with E-state index in [2.05, 4.69) is 31.7 Å². The van der Waals surface area contributed by atoms with Crippen molar-refractivity contribution in [1.82, 2.24) is 25.6 Å². The van der Waals surface area contributed by atoms with Crippen molar-refractivity contribution >= 4 is 11.8 Å². The van der Waals surface area contributed by atoms with Crippen molar-refractivity contribution in [2.75, 3.05) is 0 Å². The summed E-state index contributed by atoms with van der Waals surface area (Å²) in [5.41, 5.74) is 0.883. The highest BCUT2D eigenvalue weighted by molar-refractivity contribution is 6.00. The molecule has 0 bridgehead atoms. The lowest BCUT2D eigenvalue weighted by molar-refractivity contribution is -0.124. The van der Waals surface area contributed by atoms with Gasteiger partial charge in [-0.25, -0.2) is 9.97 Å². The van der Waals surface area contributed by atoms with Gasteiger partial charge in [0, 0.05) is 12.4 Å². The van der Waals surface area contributed by atoms with Crippen LogP contribution in [0.2, 0.25) is 0 Å². The maximum Gasteiger partial charge on any atom is 0.255 e. The summed E-state index contributed by atoms with van der Waals surface area (Å²) < 4.78 is 5.75. The van der Waals surface area contributed by atoms with Gasteiger partial charge in [0.15, 0.2) is 0 Å². The van der Waals surface area contributed by atoms with E-state index < -0.39 is 17.6 Å². The molecule has 172 valence electrons. The van der Waals surface area contributed by atoms with Crippen molar-refractivity contribution < 1.29 is 19.4 Å². The molecule has 3 aromatic rings. The molecule has 10 nitrogen and oxygen atoms in total. The fourth-order valence-electron chi connectivity index (χ4n) is 3.27. The maximum absolute atomic E-state index is 12.7. The Morgan fingerprint density at radius 3 is 2.59 bits per heavy atom. The topological polar surface area (TPSA) is 150 Å². The molecule has 1 atom stereocenters. The van der Waals surface area contributed by atoms with E-state index in [0.29, 0.717) is 46.7 Å². The zero-order valence-electron chi connectivity index (χ0n) is 18.4. The summed E-state index contributed by atoms with van der Waals surface area (Å²) in [6.45, 7) is 1.80. The molecule has 3 N–H and O–H groups in total. The van der Waals surface area contributed by atoms with Crippen LogP contribution in [-0.2, 0) is 11.3 Å². The molecule has 0 saturated heterocycles. The Balaban J connectivity index is 1.33. The first-order valence-corrected chi connectivity index (χ1v) is 10.6. The number of carbonyl (C=O) groups is 2. The van der Waals surface area contributed by atoms with Crippen LogP contribution >= 0.6 is 0 Å². The monoisotopic (exact) mass is 458 g/mol. The number of benzene rings is 1. The highest BCUT2D eigenvalue weighted by Crippen LogP contribution is 2.36. The molecule has 1 aromatic carbocycles. The third-order valence-corrected chi connectivity index (χ3v) is 5.42. The first-order valence-electron chi connectivity index (χ1n) is 10.6. The van der Waals surface area contributed by atoms with Crippen LogP contribution < -0.4 is 15.4 Å². The summed E-state index contributed by atoms with van der Waals surface area (Å²) in [6, 6.07) is 10.3. The van der Waals surface area contributed by atoms with Gasteiger partial charge in [-0.3, -0.25) is 14.6 Å². The van der Waals surface area contributed by atoms with Gasteiger partial charge in [-0.2, -0.15) is 5.26 Å². The number of nitrogens with one attached hydrogen (secondary N) is 2. The number of aliphatic hydroxyl groups excluding tert-OH is 1. The SMILES string of the molecule is CC(O)c1ccc(Oc2ccc(CNC(=O)C3(NC(=O)c4cncnc4)CC3)nc2)c(C#N)c1. The Hall–Kier alpha value is -4.36. The minimum absolute atomic E-state index is 0.178. The number of aliphatic hydroxyl groups is 1. The zero-order chi connectivity index (χ0) is 24.1. The summed E-state index contributed by atoms with van der Waals surface area (Å²) in [7, 11) is 0. The van der Waals surface area contributed by atoms with Crippen LogP contribution in [-0.4, -0.2) is 37.4 Å². The largest absolute Gasteiger partial charge is 0.454 e. The molecule has 1 saturated carbocycles. The van der Waals surface area contributed by atoms with Gasteiger partial charge in [-0.15, -0.1) is 0 Å². The summed E-state index contributed by atoms with van der Waals surface area (Å²) in [4.78, 5) is 36.9. The molecule has 34 heavy (non-hydrogen) atoms. The third kappa shape index (κ3) is 5.16. The Labute approximate surface area is 195 Å². The Kier molecular flexibility index (Phi) is 6.47. The van der Waals surface area contributed by atoms with Crippen molar-refractivity contribution in [3.63, 3.8) is 0 Å². The van der Waals surface area contributed by atoms with Gasteiger partial charge in [0.2, 0.25) is 5.91 Å². The van der Waals surface area contributed by atoms with Gasteiger partial charge in [-0.1, -0.05) is 6.07 Å². The van der Waals surface area contributed by atoms with Crippen molar-refractivity contribution in [3.8, 4) is 17.6 Å². The maximum atomic E-state index is 12.7. The molecule has 1 fully saturated rings. The van der Waals surface area contributed by atoms with Crippen LogP contribution in [0.1, 0.15) is 53.0 Å². The molecule has 1 aliphatic rings. The molecular weight excluding hydrogens is 436 g/mol. The number of rotatable bonds is 8. The molecule has 0 radical (unpaired) electrons. The highest BCUT2D eigenvalue weighted by atomic mass is 16.5. The normalized spacial score (nSPS) is 14.4. The molecule has 2 aromatic heterocycles. The number of carbonyl (C=O) groups excluding carboxylic acids is 2. The first-order chi connectivity index (χ1) is 16.4. The molecule has 10 heteroatoms. The van der Waals surface area contributed by atoms with E-state index in [1.807, 2.05) is 0 Å². The first kappa shape index (κ1) is 22.8. The second-order valence-corrected chi connectivity index (χ2v) is 7.98. The van der Waals surface area contributed by atoms with Crippen LogP contribution in [0.15, 0.2) is 55.2 Å². The summed E-state index contributed by atoms with van der Waals surface area (Å²) in [5.74, 6) is 0.0974. The number of pyridine rings is 1. The van der Waals surface area contributed by atoms with Gasteiger partial charge in [-0.05, 0) is 49.6 Å². The van der Waals surface area contributed by atoms with Crippen LogP contribution in [0.5, 0.6) is 11.5 Å². The molecule has 4 rings (SSSR count). The number of hydrogen-bond donors (Lipinski definition) is 3. The van der Waals surface area contributed by atoms with E-state index in [0.717, 1.165) is 0 Å². The fraction of sp³-hybridized carbons (Fsp3) is 0.250. The van der Waals surface area contributed by atoms with Crippen molar-refractivity contribution in [2.24, 2.45) is 0 Å². The van der Waals surface area contributed by atoms with Gasteiger partial charge in [0.1, 0.15) is 29.4 Å². The molecule has 0 spiro atoms. The molecule has 2 heterocycles. The quantitative estimate of drug-likeness (QED) is 0.465. The molecule has 0 aliphatic heterocycles. The van der Waals surface area contributed by atoms with E-state index in [4.69, 9.17) is 4.74 Å². The summed E-state index contributed by atoms with van der Waals surface area (Å²) in [5, 5.41) is 24.6. The van der Waals surface area contributed by atoms with Crippen LogP contribution in [0, 0.1) is 11.3 Å². The fourth-order valence-corrected chi connectivity index (χ4v) is 3.27. The third-order valence-electron chi connectivity index (χ3n) is 5.42. The lowest BCUT2D eigenvalue weighted by Gasteiger charge is -2.17. The average molecular weight is 458 g/mol. The molecule has 2 amide bonds. The lowest BCUT2D eigenvalue weighted by Crippen LogP contribution is -2.48. The van der Waals surface area contributed by atoms with Gasteiger partial charge in [0.25, 0.3) is 5.91 Å². The summed E-state index contributed by atoms with van der Waals surface area (Å²) in [6.07, 6.45) is 6.02. The number of nitriles is 1. The Morgan fingerprint density at radius 1 is 1.21 bits per heavy atom. The number of ether oxygens (including phenoxy) is 1. The Bertz CT molecular complexity index is 1230. The van der Waals surface area contributed by atoms with E-state index in [1.165, 1.54) is 24.9 Å². The molecule has 1 unspecified atom stereocenters.